The first-order valence-corrected chi connectivity index (χ1v) is 7.09. The topological polar surface area (TPSA) is 15.3 Å². The Balaban J connectivity index is 2.27. The number of rotatable bonds is 6. The van der Waals surface area contributed by atoms with Crippen LogP contribution in [0.1, 0.15) is 47.0 Å². The molecule has 16 heavy (non-hydrogen) atoms. The molecule has 1 heterocycles. The van der Waals surface area contributed by atoms with Crippen molar-refractivity contribution in [2.24, 2.45) is 11.8 Å². The Hall–Kier alpha value is -0.0800. The quantitative estimate of drug-likeness (QED) is 0.749. The van der Waals surface area contributed by atoms with Crippen LogP contribution in [-0.2, 0) is 0 Å². The fourth-order valence-corrected chi connectivity index (χ4v) is 2.35. The fourth-order valence-electron chi connectivity index (χ4n) is 2.35. The fraction of sp³-hybridized carbons (Fsp3) is 1.00. The zero-order valence-corrected chi connectivity index (χ0v) is 11.6. The van der Waals surface area contributed by atoms with E-state index in [2.05, 4.69) is 37.9 Å². The number of likely N-dealkylation sites (tertiary alicyclic amines) is 1. The van der Waals surface area contributed by atoms with Crippen molar-refractivity contribution in [3.05, 3.63) is 0 Å². The zero-order valence-electron chi connectivity index (χ0n) is 11.6. The average Bonchev–Trinajstić information content (AvgIpc) is 2.26. The van der Waals surface area contributed by atoms with Crippen LogP contribution in [0.15, 0.2) is 0 Å². The first-order chi connectivity index (χ1) is 7.63. The van der Waals surface area contributed by atoms with E-state index < -0.39 is 0 Å². The molecule has 2 atom stereocenters. The Morgan fingerprint density at radius 3 is 2.69 bits per heavy atom. The average molecular weight is 226 g/mol. The smallest absolute Gasteiger partial charge is 0.0195 e. The summed E-state index contributed by atoms with van der Waals surface area (Å²) in [5.41, 5.74) is 0. The van der Waals surface area contributed by atoms with Gasteiger partial charge in [-0.3, -0.25) is 0 Å². The van der Waals surface area contributed by atoms with Gasteiger partial charge in [-0.25, -0.2) is 0 Å². The van der Waals surface area contributed by atoms with Crippen molar-refractivity contribution in [3.8, 4) is 0 Å². The zero-order chi connectivity index (χ0) is 12.0. The number of hydrogen-bond donors (Lipinski definition) is 1. The molecule has 96 valence electrons. The summed E-state index contributed by atoms with van der Waals surface area (Å²) in [4.78, 5) is 2.65. The molecule has 1 saturated heterocycles. The van der Waals surface area contributed by atoms with Crippen molar-refractivity contribution < 1.29 is 0 Å². The molecule has 1 fully saturated rings. The molecule has 2 nitrogen and oxygen atoms in total. The van der Waals surface area contributed by atoms with E-state index in [1.165, 1.54) is 45.4 Å². The summed E-state index contributed by atoms with van der Waals surface area (Å²) < 4.78 is 0. The standard InChI is InChI=1S/C14H30N2/c1-5-8-15-14-7-6-9-16(11-14)10-13(4)12(2)3/h12-15H,5-11H2,1-4H3. The van der Waals surface area contributed by atoms with Gasteiger partial charge in [0.25, 0.3) is 0 Å². The maximum absolute atomic E-state index is 3.66. The predicted molar refractivity (Wildman–Crippen MR) is 71.8 cm³/mol. The number of hydrogen-bond acceptors (Lipinski definition) is 2. The molecule has 0 saturated carbocycles. The van der Waals surface area contributed by atoms with Crippen LogP contribution >= 0.6 is 0 Å². The highest BCUT2D eigenvalue weighted by molar-refractivity contribution is 4.79. The lowest BCUT2D eigenvalue weighted by molar-refractivity contribution is 0.155. The van der Waals surface area contributed by atoms with Crippen LogP contribution in [-0.4, -0.2) is 37.1 Å². The van der Waals surface area contributed by atoms with Crippen molar-refractivity contribution >= 4 is 0 Å². The van der Waals surface area contributed by atoms with Crippen molar-refractivity contribution in [1.29, 1.82) is 0 Å². The van der Waals surface area contributed by atoms with E-state index in [1.54, 1.807) is 0 Å². The molecule has 0 aromatic heterocycles. The third-order valence-electron chi connectivity index (χ3n) is 3.87. The highest BCUT2D eigenvalue weighted by atomic mass is 15.2. The van der Waals surface area contributed by atoms with E-state index in [9.17, 15) is 0 Å². The molecule has 0 aliphatic carbocycles. The summed E-state index contributed by atoms with van der Waals surface area (Å²) in [5.74, 6) is 1.63. The van der Waals surface area contributed by atoms with E-state index in [-0.39, 0.29) is 0 Å². The predicted octanol–water partition coefficient (Wildman–Crippen LogP) is 2.74. The molecular formula is C14H30N2. The van der Waals surface area contributed by atoms with Gasteiger partial charge in [-0.15, -0.1) is 0 Å². The van der Waals surface area contributed by atoms with E-state index in [0.717, 1.165) is 17.9 Å². The lowest BCUT2D eigenvalue weighted by Gasteiger charge is -2.35. The van der Waals surface area contributed by atoms with E-state index in [4.69, 9.17) is 0 Å². The number of piperidine rings is 1. The molecule has 1 N–H and O–H groups in total. The molecule has 2 unspecified atom stereocenters. The second-order valence-corrected chi connectivity index (χ2v) is 5.77. The van der Waals surface area contributed by atoms with Gasteiger partial charge in [0.1, 0.15) is 0 Å². The highest BCUT2D eigenvalue weighted by Crippen LogP contribution is 2.16. The summed E-state index contributed by atoms with van der Waals surface area (Å²) in [6.07, 6.45) is 3.98. The van der Waals surface area contributed by atoms with Gasteiger partial charge in [0.15, 0.2) is 0 Å². The van der Waals surface area contributed by atoms with E-state index in [0.29, 0.717) is 0 Å². The largest absolute Gasteiger partial charge is 0.313 e. The molecule has 1 aliphatic heterocycles. The molecule has 1 aliphatic rings. The van der Waals surface area contributed by atoms with Gasteiger partial charge < -0.3 is 10.2 Å². The molecule has 0 bridgehead atoms. The van der Waals surface area contributed by atoms with Gasteiger partial charge in [0.2, 0.25) is 0 Å². The van der Waals surface area contributed by atoms with E-state index >= 15 is 0 Å². The Kier molecular flexibility index (Phi) is 6.37. The molecule has 0 aromatic carbocycles. The summed E-state index contributed by atoms with van der Waals surface area (Å²) in [7, 11) is 0. The van der Waals surface area contributed by atoms with Crippen LogP contribution in [0.25, 0.3) is 0 Å². The first kappa shape index (κ1) is 14.0. The summed E-state index contributed by atoms with van der Waals surface area (Å²) >= 11 is 0. The maximum Gasteiger partial charge on any atom is 0.0195 e. The molecule has 0 radical (unpaired) electrons. The van der Waals surface area contributed by atoms with E-state index in [1.807, 2.05) is 0 Å². The number of nitrogens with one attached hydrogen (secondary N) is 1. The van der Waals surface area contributed by atoms with Gasteiger partial charge in [0, 0.05) is 19.1 Å². The number of nitrogens with zero attached hydrogens (tertiary/aromatic N) is 1. The normalized spacial score (nSPS) is 24.9. The van der Waals surface area contributed by atoms with Gasteiger partial charge in [-0.1, -0.05) is 27.7 Å². The molecule has 2 heteroatoms. The highest BCUT2D eigenvalue weighted by Gasteiger charge is 2.21. The van der Waals surface area contributed by atoms with Gasteiger partial charge in [-0.05, 0) is 44.2 Å². The monoisotopic (exact) mass is 226 g/mol. The lowest BCUT2D eigenvalue weighted by atomic mass is 9.96. The third-order valence-corrected chi connectivity index (χ3v) is 3.87. The van der Waals surface area contributed by atoms with Gasteiger partial charge >= 0.3 is 0 Å². The first-order valence-electron chi connectivity index (χ1n) is 7.09. The Morgan fingerprint density at radius 1 is 1.31 bits per heavy atom. The second kappa shape index (κ2) is 7.29. The molecular weight excluding hydrogens is 196 g/mol. The molecule has 0 amide bonds. The van der Waals surface area contributed by atoms with Crippen LogP contribution in [0.3, 0.4) is 0 Å². The second-order valence-electron chi connectivity index (χ2n) is 5.77. The third kappa shape index (κ3) is 4.84. The minimum Gasteiger partial charge on any atom is -0.313 e. The van der Waals surface area contributed by atoms with Crippen LogP contribution in [0, 0.1) is 11.8 Å². The van der Waals surface area contributed by atoms with Crippen molar-refractivity contribution in [2.75, 3.05) is 26.2 Å². The SMILES string of the molecule is CCCNC1CCCN(CC(C)C(C)C)C1. The molecule has 0 aromatic rings. The summed E-state index contributed by atoms with van der Waals surface area (Å²) in [6, 6.07) is 0.744. The Morgan fingerprint density at radius 2 is 2.06 bits per heavy atom. The molecule has 1 rings (SSSR count). The minimum atomic E-state index is 0.744. The molecule has 0 spiro atoms. The van der Waals surface area contributed by atoms with Crippen LogP contribution in [0.2, 0.25) is 0 Å². The summed E-state index contributed by atoms with van der Waals surface area (Å²) in [5, 5.41) is 3.66. The lowest BCUT2D eigenvalue weighted by Crippen LogP contribution is -2.47. The van der Waals surface area contributed by atoms with Gasteiger partial charge in [-0.2, -0.15) is 0 Å². The summed E-state index contributed by atoms with van der Waals surface area (Å²) in [6.45, 7) is 14.3. The van der Waals surface area contributed by atoms with Crippen LogP contribution < -0.4 is 5.32 Å². The van der Waals surface area contributed by atoms with Gasteiger partial charge in [0.05, 0.1) is 0 Å². The minimum absolute atomic E-state index is 0.744. The Labute approximate surface area is 102 Å². The van der Waals surface area contributed by atoms with Crippen molar-refractivity contribution in [1.82, 2.24) is 10.2 Å². The van der Waals surface area contributed by atoms with Crippen molar-refractivity contribution in [3.63, 3.8) is 0 Å². The van der Waals surface area contributed by atoms with Crippen molar-refractivity contribution in [2.45, 2.75) is 53.0 Å². The maximum atomic E-state index is 3.66. The van der Waals surface area contributed by atoms with Crippen LogP contribution in [0.5, 0.6) is 0 Å². The van der Waals surface area contributed by atoms with Crippen LogP contribution in [0.4, 0.5) is 0 Å². The Bertz CT molecular complexity index is 180.